The molecular weight excluding hydrogens is 240 g/mol. The Balaban J connectivity index is 1.98. The fraction of sp³-hybridized carbons (Fsp3) is 0.467. The third kappa shape index (κ3) is 4.08. The maximum absolute atomic E-state index is 11.9. The molecule has 0 bridgehead atoms. The van der Waals surface area contributed by atoms with E-state index in [9.17, 15) is 4.79 Å². The molecule has 1 aliphatic rings. The predicted molar refractivity (Wildman–Crippen MR) is 73.3 cm³/mol. The zero-order valence-corrected chi connectivity index (χ0v) is 11.0. The summed E-state index contributed by atoms with van der Waals surface area (Å²) >= 11 is 0. The van der Waals surface area contributed by atoms with E-state index in [4.69, 9.17) is 5.11 Å². The van der Waals surface area contributed by atoms with E-state index in [1.54, 1.807) is 12.1 Å². The fourth-order valence-electron chi connectivity index (χ4n) is 1.83. The molecule has 2 N–H and O–H groups in total. The Kier molecular flexibility index (Phi) is 4.53. The van der Waals surface area contributed by atoms with Crippen molar-refractivity contribution in [2.24, 2.45) is 11.8 Å². The van der Waals surface area contributed by atoms with Gasteiger partial charge in [-0.2, -0.15) is 0 Å². The van der Waals surface area contributed by atoms with Gasteiger partial charge in [0.2, 0.25) is 5.91 Å². The predicted octanol–water partition coefficient (Wildman–Crippen LogP) is 1.80. The van der Waals surface area contributed by atoms with Gasteiger partial charge in [-0.25, -0.2) is 4.98 Å². The van der Waals surface area contributed by atoms with Gasteiger partial charge in [-0.3, -0.25) is 4.79 Å². The molecule has 1 atom stereocenters. The van der Waals surface area contributed by atoms with Gasteiger partial charge in [0.15, 0.2) is 0 Å². The summed E-state index contributed by atoms with van der Waals surface area (Å²) in [5.74, 6) is 6.80. The summed E-state index contributed by atoms with van der Waals surface area (Å²) in [7, 11) is 0. The van der Waals surface area contributed by atoms with Crippen molar-refractivity contribution in [1.29, 1.82) is 0 Å². The second kappa shape index (κ2) is 6.35. The second-order valence-corrected chi connectivity index (χ2v) is 4.80. The Morgan fingerprint density at radius 2 is 2.37 bits per heavy atom. The lowest BCUT2D eigenvalue weighted by molar-refractivity contribution is -0.119. The van der Waals surface area contributed by atoms with E-state index in [1.807, 2.05) is 13.0 Å². The molecule has 0 radical (unpaired) electrons. The van der Waals surface area contributed by atoms with Crippen LogP contribution in [0.3, 0.4) is 0 Å². The topological polar surface area (TPSA) is 62.2 Å². The third-order valence-electron chi connectivity index (χ3n) is 3.20. The van der Waals surface area contributed by atoms with Gasteiger partial charge in [0.1, 0.15) is 11.5 Å². The molecule has 1 aromatic rings. The van der Waals surface area contributed by atoms with Gasteiger partial charge in [0.05, 0.1) is 6.61 Å². The number of hydrogen-bond donors (Lipinski definition) is 2. The lowest BCUT2D eigenvalue weighted by Crippen LogP contribution is -2.22. The average molecular weight is 258 g/mol. The van der Waals surface area contributed by atoms with Gasteiger partial charge < -0.3 is 10.4 Å². The number of pyridine rings is 1. The molecule has 0 aliphatic heterocycles. The molecule has 1 aliphatic carbocycles. The van der Waals surface area contributed by atoms with Gasteiger partial charge in [-0.1, -0.05) is 18.9 Å². The summed E-state index contributed by atoms with van der Waals surface area (Å²) in [6, 6.07) is 5.35. The Hall–Kier alpha value is -1.86. The van der Waals surface area contributed by atoms with Crippen LogP contribution in [0.15, 0.2) is 18.2 Å². The summed E-state index contributed by atoms with van der Waals surface area (Å²) in [5.41, 5.74) is 0.602. The van der Waals surface area contributed by atoms with Crippen LogP contribution < -0.4 is 5.32 Å². The Morgan fingerprint density at radius 1 is 1.58 bits per heavy atom. The average Bonchev–Trinajstić information content (AvgIpc) is 3.23. The Bertz CT molecular complexity index is 512. The van der Waals surface area contributed by atoms with Crippen molar-refractivity contribution in [3.63, 3.8) is 0 Å². The molecule has 1 saturated carbocycles. The highest BCUT2D eigenvalue weighted by atomic mass is 16.2. The number of carbonyl (C=O) groups excluding carboxylic acids is 1. The first-order valence-corrected chi connectivity index (χ1v) is 6.58. The molecule has 4 nitrogen and oxygen atoms in total. The van der Waals surface area contributed by atoms with E-state index in [-0.39, 0.29) is 18.4 Å². The first-order chi connectivity index (χ1) is 9.20. The van der Waals surface area contributed by atoms with Crippen LogP contribution in [-0.4, -0.2) is 22.6 Å². The monoisotopic (exact) mass is 258 g/mol. The summed E-state index contributed by atoms with van der Waals surface area (Å²) in [5, 5.41) is 11.5. The van der Waals surface area contributed by atoms with Crippen molar-refractivity contribution in [1.82, 2.24) is 4.98 Å². The van der Waals surface area contributed by atoms with E-state index in [2.05, 4.69) is 22.1 Å². The minimum atomic E-state index is 0.0236. The number of aromatic nitrogens is 1. The van der Waals surface area contributed by atoms with Crippen LogP contribution in [0.25, 0.3) is 0 Å². The van der Waals surface area contributed by atoms with Crippen LogP contribution in [-0.2, 0) is 4.79 Å². The summed E-state index contributed by atoms with van der Waals surface area (Å²) in [6.07, 6.45) is 2.72. The molecule has 100 valence electrons. The number of nitrogens with one attached hydrogen (secondary N) is 1. The van der Waals surface area contributed by atoms with E-state index >= 15 is 0 Å². The van der Waals surface area contributed by atoms with E-state index in [0.29, 0.717) is 23.9 Å². The highest BCUT2D eigenvalue weighted by molar-refractivity contribution is 5.91. The van der Waals surface area contributed by atoms with E-state index in [0.717, 1.165) is 12.8 Å². The molecule has 0 spiro atoms. The van der Waals surface area contributed by atoms with Crippen molar-refractivity contribution in [3.8, 4) is 11.8 Å². The second-order valence-electron chi connectivity index (χ2n) is 4.80. The fourth-order valence-corrected chi connectivity index (χ4v) is 1.83. The van der Waals surface area contributed by atoms with Crippen molar-refractivity contribution in [3.05, 3.63) is 23.9 Å². The van der Waals surface area contributed by atoms with E-state index in [1.165, 1.54) is 0 Å². The van der Waals surface area contributed by atoms with Crippen LogP contribution in [0.1, 0.15) is 31.9 Å². The van der Waals surface area contributed by atoms with Gasteiger partial charge in [0.25, 0.3) is 0 Å². The SMILES string of the molecule is CC(C(=O)Nc1cccc(C#CCCO)n1)C1CC1. The number of carbonyl (C=O) groups is 1. The van der Waals surface area contributed by atoms with Gasteiger partial charge in [-0.05, 0) is 36.8 Å². The minimum absolute atomic E-state index is 0.0236. The van der Waals surface area contributed by atoms with Crippen LogP contribution in [0, 0.1) is 23.7 Å². The van der Waals surface area contributed by atoms with Crippen molar-refractivity contribution < 1.29 is 9.90 Å². The number of nitrogens with zero attached hydrogens (tertiary/aromatic N) is 1. The number of hydrogen-bond acceptors (Lipinski definition) is 3. The maximum Gasteiger partial charge on any atom is 0.228 e. The third-order valence-corrected chi connectivity index (χ3v) is 3.20. The first kappa shape index (κ1) is 13.6. The zero-order chi connectivity index (χ0) is 13.7. The molecule has 0 saturated heterocycles. The van der Waals surface area contributed by atoms with Gasteiger partial charge in [0, 0.05) is 12.3 Å². The lowest BCUT2D eigenvalue weighted by atomic mass is 10.1. The molecule has 1 heterocycles. The molecule has 1 fully saturated rings. The van der Waals surface area contributed by atoms with Crippen molar-refractivity contribution >= 4 is 11.7 Å². The standard InChI is InChI=1S/C15H18N2O2/c1-11(12-8-9-12)15(19)17-14-7-4-6-13(16-14)5-2-3-10-18/h4,6-7,11-12,18H,3,8-10H2,1H3,(H,16,17,19). The molecule has 1 aromatic heterocycles. The Morgan fingerprint density at radius 3 is 3.05 bits per heavy atom. The summed E-state index contributed by atoms with van der Waals surface area (Å²) in [6.45, 7) is 2.00. The normalized spacial score (nSPS) is 15.3. The van der Waals surface area contributed by atoms with Crippen molar-refractivity contribution in [2.45, 2.75) is 26.2 Å². The Labute approximate surface area is 113 Å². The van der Waals surface area contributed by atoms with E-state index < -0.39 is 0 Å². The first-order valence-electron chi connectivity index (χ1n) is 6.58. The van der Waals surface area contributed by atoms with Crippen LogP contribution >= 0.6 is 0 Å². The summed E-state index contributed by atoms with van der Waals surface area (Å²) in [4.78, 5) is 16.2. The lowest BCUT2D eigenvalue weighted by Gasteiger charge is -2.10. The molecule has 2 rings (SSSR count). The quantitative estimate of drug-likeness (QED) is 0.809. The number of anilines is 1. The summed E-state index contributed by atoms with van der Waals surface area (Å²) < 4.78 is 0. The molecule has 19 heavy (non-hydrogen) atoms. The largest absolute Gasteiger partial charge is 0.395 e. The van der Waals surface area contributed by atoms with Crippen LogP contribution in [0.2, 0.25) is 0 Å². The molecule has 1 amide bonds. The van der Waals surface area contributed by atoms with Gasteiger partial charge >= 0.3 is 0 Å². The van der Waals surface area contributed by atoms with Gasteiger partial charge in [-0.15, -0.1) is 0 Å². The molecule has 4 heteroatoms. The number of rotatable bonds is 4. The smallest absolute Gasteiger partial charge is 0.228 e. The minimum Gasteiger partial charge on any atom is -0.395 e. The van der Waals surface area contributed by atoms with Crippen LogP contribution in [0.4, 0.5) is 5.82 Å². The van der Waals surface area contributed by atoms with Crippen LogP contribution in [0.5, 0.6) is 0 Å². The number of aliphatic hydroxyl groups excluding tert-OH is 1. The highest BCUT2D eigenvalue weighted by Crippen LogP contribution is 2.36. The zero-order valence-electron chi connectivity index (χ0n) is 11.0. The number of amides is 1. The highest BCUT2D eigenvalue weighted by Gasteiger charge is 2.32. The molecule has 1 unspecified atom stereocenters. The van der Waals surface area contributed by atoms with Crippen molar-refractivity contribution in [2.75, 3.05) is 11.9 Å². The maximum atomic E-state index is 11.9. The molecule has 0 aromatic carbocycles. The number of aliphatic hydroxyl groups is 1. The molecular formula is C15H18N2O2.